The van der Waals surface area contributed by atoms with Crippen molar-refractivity contribution >= 4 is 11.8 Å². The summed E-state index contributed by atoms with van der Waals surface area (Å²) in [6, 6.07) is 5.43. The van der Waals surface area contributed by atoms with Crippen LogP contribution in [0.4, 0.5) is 0 Å². The maximum Gasteiger partial charge on any atom is 0.272 e. The van der Waals surface area contributed by atoms with Gasteiger partial charge in [-0.15, -0.1) is 0 Å². The summed E-state index contributed by atoms with van der Waals surface area (Å²) in [7, 11) is 1.80. The lowest BCUT2D eigenvalue weighted by Gasteiger charge is -2.35. The maximum atomic E-state index is 12.9. The van der Waals surface area contributed by atoms with Crippen molar-refractivity contribution in [3.63, 3.8) is 0 Å². The van der Waals surface area contributed by atoms with E-state index in [0.29, 0.717) is 36.8 Å². The average Bonchev–Trinajstić information content (AvgIpc) is 2.88. The summed E-state index contributed by atoms with van der Waals surface area (Å²) >= 11 is 0. The molecule has 2 aromatic heterocycles. The van der Waals surface area contributed by atoms with Gasteiger partial charge < -0.3 is 9.80 Å². The smallest absolute Gasteiger partial charge is 0.272 e. The molecule has 2 bridgehead atoms. The Bertz CT molecular complexity index is 788. The number of piperidine rings is 1. The highest BCUT2D eigenvalue weighted by Gasteiger charge is 2.39. The Labute approximate surface area is 146 Å². The molecule has 3 fully saturated rings. The monoisotopic (exact) mass is 339 g/mol. The van der Waals surface area contributed by atoms with Gasteiger partial charge in [0.15, 0.2) is 0 Å². The van der Waals surface area contributed by atoms with Crippen molar-refractivity contribution in [2.75, 3.05) is 19.6 Å². The minimum absolute atomic E-state index is 0.00920. The first-order valence-electron chi connectivity index (χ1n) is 8.62. The standard InChI is InChI=1S/C18H21N5O2/c1-21-11-14(8-20-21)17(24)23-10-13-5-6-15(23)12-22(9-13)18(25)16-4-2-3-7-19-16/h2-4,7-8,11,13,15H,5-6,9-10,12H2,1H3/t13-,15+/m1/s1. The van der Waals surface area contributed by atoms with Crippen LogP contribution < -0.4 is 0 Å². The Balaban J connectivity index is 1.54. The van der Waals surface area contributed by atoms with E-state index in [9.17, 15) is 9.59 Å². The number of carbonyl (C=O) groups excluding carboxylic acids is 2. The summed E-state index contributed by atoms with van der Waals surface area (Å²) in [6.07, 6.45) is 6.98. The van der Waals surface area contributed by atoms with Gasteiger partial charge >= 0.3 is 0 Å². The molecule has 2 aromatic rings. The van der Waals surface area contributed by atoms with E-state index >= 15 is 0 Å². The molecule has 0 unspecified atom stereocenters. The molecule has 3 aliphatic heterocycles. The van der Waals surface area contributed by atoms with Crippen LogP contribution >= 0.6 is 0 Å². The topological polar surface area (TPSA) is 71.3 Å². The summed E-state index contributed by atoms with van der Waals surface area (Å²) in [4.78, 5) is 33.6. The van der Waals surface area contributed by atoms with E-state index in [4.69, 9.17) is 0 Å². The lowest BCUT2D eigenvalue weighted by atomic mass is 9.94. The number of nitrogens with zero attached hydrogens (tertiary/aromatic N) is 5. The lowest BCUT2D eigenvalue weighted by Crippen LogP contribution is -2.47. The number of pyridine rings is 1. The molecule has 5 rings (SSSR count). The minimum Gasteiger partial charge on any atom is -0.335 e. The average molecular weight is 339 g/mol. The first kappa shape index (κ1) is 15.8. The molecule has 0 saturated carbocycles. The van der Waals surface area contributed by atoms with E-state index in [2.05, 4.69) is 10.1 Å². The second kappa shape index (κ2) is 6.31. The fraction of sp³-hybridized carbons (Fsp3) is 0.444. The fourth-order valence-corrected chi connectivity index (χ4v) is 3.85. The number of aromatic nitrogens is 3. The Morgan fingerprint density at radius 2 is 2.00 bits per heavy atom. The zero-order valence-corrected chi connectivity index (χ0v) is 14.2. The Kier molecular flexibility index (Phi) is 3.99. The second-order valence-corrected chi connectivity index (χ2v) is 6.88. The molecule has 130 valence electrons. The van der Waals surface area contributed by atoms with Gasteiger partial charge in [-0.1, -0.05) is 6.07 Å². The van der Waals surface area contributed by atoms with Crippen LogP contribution in [0.1, 0.15) is 33.7 Å². The molecular weight excluding hydrogens is 318 g/mol. The summed E-state index contributed by atoms with van der Waals surface area (Å²) in [5.41, 5.74) is 1.08. The molecule has 0 aromatic carbocycles. The van der Waals surface area contributed by atoms with Crippen LogP contribution in [-0.2, 0) is 7.05 Å². The predicted molar refractivity (Wildman–Crippen MR) is 90.9 cm³/mol. The Morgan fingerprint density at radius 1 is 1.12 bits per heavy atom. The molecular formula is C18H21N5O2. The number of hydrogen-bond donors (Lipinski definition) is 0. The summed E-state index contributed by atoms with van der Waals surface area (Å²) in [6.45, 7) is 1.95. The van der Waals surface area contributed by atoms with Gasteiger partial charge in [-0.3, -0.25) is 19.3 Å². The van der Waals surface area contributed by atoms with Crippen LogP contribution in [0.5, 0.6) is 0 Å². The summed E-state index contributed by atoms with van der Waals surface area (Å²) in [5.74, 6) is 0.273. The highest BCUT2D eigenvalue weighted by atomic mass is 16.2. The van der Waals surface area contributed by atoms with Crippen LogP contribution in [0.25, 0.3) is 0 Å². The van der Waals surface area contributed by atoms with Gasteiger partial charge in [0.05, 0.1) is 11.8 Å². The minimum atomic E-state index is -0.0480. The van der Waals surface area contributed by atoms with E-state index in [1.54, 1.807) is 42.5 Å². The van der Waals surface area contributed by atoms with Gasteiger partial charge in [-0.25, -0.2) is 0 Å². The number of aryl methyl sites for hydroxylation is 1. The molecule has 25 heavy (non-hydrogen) atoms. The molecule has 2 atom stereocenters. The van der Waals surface area contributed by atoms with Crippen LogP contribution in [0.15, 0.2) is 36.8 Å². The number of rotatable bonds is 2. The van der Waals surface area contributed by atoms with Crippen molar-refractivity contribution in [1.82, 2.24) is 24.6 Å². The maximum absolute atomic E-state index is 12.9. The Morgan fingerprint density at radius 3 is 2.72 bits per heavy atom. The van der Waals surface area contributed by atoms with E-state index in [1.165, 1.54) is 0 Å². The number of hydrogen-bond acceptors (Lipinski definition) is 4. The lowest BCUT2D eigenvalue weighted by molar-refractivity contribution is 0.0574. The van der Waals surface area contributed by atoms with Crippen LogP contribution in [0.3, 0.4) is 0 Å². The van der Waals surface area contributed by atoms with E-state index < -0.39 is 0 Å². The molecule has 5 heterocycles. The van der Waals surface area contributed by atoms with Gasteiger partial charge in [0.25, 0.3) is 11.8 Å². The zero-order valence-electron chi connectivity index (χ0n) is 14.2. The number of amides is 2. The molecule has 7 nitrogen and oxygen atoms in total. The highest BCUT2D eigenvalue weighted by molar-refractivity contribution is 5.94. The quantitative estimate of drug-likeness (QED) is 0.824. The molecule has 0 N–H and O–H groups in total. The number of carbonyl (C=O) groups is 2. The molecule has 3 saturated heterocycles. The molecule has 0 aliphatic carbocycles. The highest BCUT2D eigenvalue weighted by Crippen LogP contribution is 2.29. The van der Waals surface area contributed by atoms with E-state index in [-0.39, 0.29) is 17.9 Å². The second-order valence-electron chi connectivity index (χ2n) is 6.88. The van der Waals surface area contributed by atoms with Crippen molar-refractivity contribution in [2.45, 2.75) is 18.9 Å². The third-order valence-electron chi connectivity index (χ3n) is 5.10. The molecule has 0 radical (unpaired) electrons. The van der Waals surface area contributed by atoms with Crippen molar-refractivity contribution in [1.29, 1.82) is 0 Å². The van der Waals surface area contributed by atoms with Crippen molar-refractivity contribution < 1.29 is 9.59 Å². The van der Waals surface area contributed by atoms with Crippen LogP contribution in [0.2, 0.25) is 0 Å². The van der Waals surface area contributed by atoms with Crippen LogP contribution in [-0.4, -0.2) is 62.1 Å². The summed E-state index contributed by atoms with van der Waals surface area (Å²) < 4.78 is 1.64. The van der Waals surface area contributed by atoms with Crippen LogP contribution in [0, 0.1) is 5.92 Å². The number of fused-ring (bicyclic) bond motifs is 4. The van der Waals surface area contributed by atoms with E-state index in [0.717, 1.165) is 12.8 Å². The summed E-state index contributed by atoms with van der Waals surface area (Å²) in [5, 5.41) is 4.10. The predicted octanol–water partition coefficient (Wildman–Crippen LogP) is 1.19. The largest absolute Gasteiger partial charge is 0.335 e. The molecule has 3 aliphatic rings. The molecule has 2 amide bonds. The molecule has 7 heteroatoms. The van der Waals surface area contributed by atoms with Gasteiger partial charge in [0, 0.05) is 45.1 Å². The van der Waals surface area contributed by atoms with E-state index in [1.807, 2.05) is 15.9 Å². The van der Waals surface area contributed by atoms with Gasteiger partial charge in [0.1, 0.15) is 5.69 Å². The van der Waals surface area contributed by atoms with Gasteiger partial charge in [-0.05, 0) is 30.9 Å². The van der Waals surface area contributed by atoms with Crippen molar-refractivity contribution in [2.24, 2.45) is 13.0 Å². The van der Waals surface area contributed by atoms with Crippen molar-refractivity contribution in [3.05, 3.63) is 48.0 Å². The molecule has 0 spiro atoms. The first-order chi connectivity index (χ1) is 12.1. The zero-order chi connectivity index (χ0) is 17.4. The Hall–Kier alpha value is -2.70. The van der Waals surface area contributed by atoms with Gasteiger partial charge in [-0.2, -0.15) is 5.10 Å². The van der Waals surface area contributed by atoms with Crippen molar-refractivity contribution in [3.8, 4) is 0 Å². The first-order valence-corrected chi connectivity index (χ1v) is 8.62. The normalized spacial score (nSPS) is 22.8. The fourth-order valence-electron chi connectivity index (χ4n) is 3.85. The SMILES string of the molecule is Cn1cc(C(=O)N2C[C@@H]3CC[C@H]2CN(C(=O)c2ccccn2)C3)cn1. The van der Waals surface area contributed by atoms with Gasteiger partial charge in [0.2, 0.25) is 0 Å². The third kappa shape index (κ3) is 3.01. The third-order valence-corrected chi connectivity index (χ3v) is 5.10.